The molecular weight excluding hydrogens is 379 g/mol. The van der Waals surface area contributed by atoms with Gasteiger partial charge in [-0.1, -0.05) is 0 Å². The third kappa shape index (κ3) is 5.71. The van der Waals surface area contributed by atoms with Gasteiger partial charge in [0.15, 0.2) is 0 Å². The first-order chi connectivity index (χ1) is 10.7. The molecule has 1 rings (SSSR count). The summed E-state index contributed by atoms with van der Waals surface area (Å²) in [5, 5.41) is 8.42. The standard InChI is InChI=1S/C6H7N2O.3C4H9.Sn/c1-2-9-6-4-3-5-7-8-6;3*1-3-4-2;/h3,5H,2H2,1H3;3*1,3-4H2,2H3;. The molecule has 0 fully saturated rings. The van der Waals surface area contributed by atoms with E-state index < -0.39 is 18.4 Å². The van der Waals surface area contributed by atoms with Crippen molar-refractivity contribution in [2.45, 2.75) is 79.5 Å². The van der Waals surface area contributed by atoms with Crippen LogP contribution >= 0.6 is 0 Å². The number of hydrogen-bond donors (Lipinski definition) is 0. The molecular formula is C18H34N2OSn. The molecule has 0 aliphatic carbocycles. The van der Waals surface area contributed by atoms with Crippen LogP contribution in [0.2, 0.25) is 13.3 Å². The van der Waals surface area contributed by atoms with Gasteiger partial charge >= 0.3 is 141 Å². The zero-order chi connectivity index (χ0) is 16.3. The molecule has 0 spiro atoms. The maximum absolute atomic E-state index is 5.86. The molecule has 4 heteroatoms. The monoisotopic (exact) mass is 414 g/mol. The molecule has 0 aliphatic rings. The summed E-state index contributed by atoms with van der Waals surface area (Å²) >= 11 is -2.44. The topological polar surface area (TPSA) is 35.0 Å². The van der Waals surface area contributed by atoms with E-state index in [2.05, 4.69) is 37.0 Å². The molecule has 0 N–H and O–H groups in total. The van der Waals surface area contributed by atoms with Gasteiger partial charge in [-0.15, -0.1) is 0 Å². The predicted octanol–water partition coefficient (Wildman–Crippen LogP) is 4.93. The second-order valence-electron chi connectivity index (χ2n) is 6.27. The van der Waals surface area contributed by atoms with Gasteiger partial charge in [-0.05, 0) is 0 Å². The average molecular weight is 413 g/mol. The maximum atomic E-state index is 5.86. The first-order valence-corrected chi connectivity index (χ1v) is 16.7. The predicted molar refractivity (Wildman–Crippen MR) is 97.7 cm³/mol. The summed E-state index contributed by atoms with van der Waals surface area (Å²) in [5.74, 6) is 0.851. The van der Waals surface area contributed by atoms with E-state index in [0.29, 0.717) is 6.61 Å². The molecule has 0 atom stereocenters. The number of aromatic nitrogens is 2. The van der Waals surface area contributed by atoms with Crippen LogP contribution in [-0.4, -0.2) is 35.2 Å². The fourth-order valence-electron chi connectivity index (χ4n) is 3.29. The summed E-state index contributed by atoms with van der Waals surface area (Å²) < 4.78 is 11.7. The van der Waals surface area contributed by atoms with E-state index in [1.165, 1.54) is 55.4 Å². The summed E-state index contributed by atoms with van der Waals surface area (Å²) in [4.78, 5) is 0. The number of nitrogens with zero attached hydrogens (tertiary/aromatic N) is 2. The van der Waals surface area contributed by atoms with Gasteiger partial charge in [0.05, 0.1) is 0 Å². The zero-order valence-corrected chi connectivity index (χ0v) is 17.9. The molecule has 126 valence electrons. The van der Waals surface area contributed by atoms with E-state index in [9.17, 15) is 0 Å². The van der Waals surface area contributed by atoms with Crippen molar-refractivity contribution in [2.24, 2.45) is 0 Å². The quantitative estimate of drug-likeness (QED) is 0.456. The Balaban J connectivity index is 3.18. The van der Waals surface area contributed by atoms with Crippen LogP contribution in [0.25, 0.3) is 0 Å². The Morgan fingerprint density at radius 2 is 1.45 bits per heavy atom. The fourth-order valence-corrected chi connectivity index (χ4v) is 19.4. The molecule has 0 saturated carbocycles. The minimum atomic E-state index is -2.44. The van der Waals surface area contributed by atoms with Crippen LogP contribution in [0.4, 0.5) is 0 Å². The van der Waals surface area contributed by atoms with Crippen LogP contribution in [-0.2, 0) is 0 Å². The van der Waals surface area contributed by atoms with Crippen molar-refractivity contribution in [1.29, 1.82) is 0 Å². The van der Waals surface area contributed by atoms with E-state index in [-0.39, 0.29) is 0 Å². The molecule has 0 amide bonds. The van der Waals surface area contributed by atoms with E-state index in [1.807, 2.05) is 13.1 Å². The zero-order valence-electron chi connectivity index (χ0n) is 15.0. The van der Waals surface area contributed by atoms with Crippen LogP contribution in [0.1, 0.15) is 66.2 Å². The first-order valence-electron chi connectivity index (χ1n) is 9.19. The summed E-state index contributed by atoms with van der Waals surface area (Å²) in [5.41, 5.74) is 0. The Hall–Kier alpha value is -0.321. The minimum absolute atomic E-state index is 0.684. The van der Waals surface area contributed by atoms with Crippen molar-refractivity contribution in [1.82, 2.24) is 10.2 Å². The van der Waals surface area contributed by atoms with E-state index in [0.717, 1.165) is 5.88 Å². The van der Waals surface area contributed by atoms with Crippen molar-refractivity contribution in [3.05, 3.63) is 12.3 Å². The van der Waals surface area contributed by atoms with Crippen molar-refractivity contribution in [2.75, 3.05) is 6.61 Å². The second-order valence-corrected chi connectivity index (χ2v) is 19.4. The molecule has 3 nitrogen and oxygen atoms in total. The Labute approximate surface area is 141 Å². The Kier molecular flexibility index (Phi) is 10.1. The van der Waals surface area contributed by atoms with Gasteiger partial charge in [0, 0.05) is 0 Å². The van der Waals surface area contributed by atoms with Crippen molar-refractivity contribution in [3.63, 3.8) is 0 Å². The van der Waals surface area contributed by atoms with Gasteiger partial charge in [-0.25, -0.2) is 0 Å². The van der Waals surface area contributed by atoms with E-state index in [1.54, 1.807) is 0 Å². The molecule has 0 bridgehead atoms. The van der Waals surface area contributed by atoms with Crippen molar-refractivity contribution in [3.8, 4) is 5.88 Å². The van der Waals surface area contributed by atoms with E-state index in [4.69, 9.17) is 4.74 Å². The third-order valence-corrected chi connectivity index (χ3v) is 20.1. The van der Waals surface area contributed by atoms with Gasteiger partial charge in [-0.3, -0.25) is 0 Å². The summed E-state index contributed by atoms with van der Waals surface area (Å²) in [6, 6.07) is 2.25. The second kappa shape index (κ2) is 11.3. The average Bonchev–Trinajstić information content (AvgIpc) is 2.56. The number of unbranched alkanes of at least 4 members (excludes halogenated alkanes) is 3. The Bertz CT molecular complexity index is 390. The summed E-state index contributed by atoms with van der Waals surface area (Å²) in [6.07, 6.45) is 9.83. The molecule has 1 aromatic heterocycles. The molecule has 0 unspecified atom stereocenters. The molecule has 0 aromatic carbocycles. The summed E-state index contributed by atoms with van der Waals surface area (Å²) in [6.45, 7) is 9.66. The number of rotatable bonds is 12. The summed E-state index contributed by atoms with van der Waals surface area (Å²) in [7, 11) is 0. The van der Waals surface area contributed by atoms with Gasteiger partial charge < -0.3 is 0 Å². The van der Waals surface area contributed by atoms with Gasteiger partial charge in [-0.2, -0.15) is 0 Å². The molecule has 22 heavy (non-hydrogen) atoms. The van der Waals surface area contributed by atoms with Crippen LogP contribution in [0.3, 0.4) is 0 Å². The fraction of sp³-hybridized carbons (Fsp3) is 0.778. The van der Waals surface area contributed by atoms with Crippen LogP contribution in [0.5, 0.6) is 5.88 Å². The third-order valence-electron chi connectivity index (χ3n) is 4.57. The van der Waals surface area contributed by atoms with Gasteiger partial charge in [0.1, 0.15) is 0 Å². The number of hydrogen-bond acceptors (Lipinski definition) is 3. The van der Waals surface area contributed by atoms with Crippen molar-refractivity contribution >= 4 is 22.0 Å². The van der Waals surface area contributed by atoms with Crippen LogP contribution < -0.4 is 8.32 Å². The van der Waals surface area contributed by atoms with Crippen LogP contribution in [0.15, 0.2) is 12.3 Å². The normalized spacial score (nSPS) is 11.6. The molecule has 0 aliphatic heterocycles. The van der Waals surface area contributed by atoms with Crippen LogP contribution in [0, 0.1) is 0 Å². The molecule has 0 radical (unpaired) electrons. The SMILES string of the molecule is CCC[CH2][Sn]([CH2]CCC)([CH2]CCC)[c]1ccnnc1OCC. The Morgan fingerprint density at radius 1 is 0.909 bits per heavy atom. The van der Waals surface area contributed by atoms with Gasteiger partial charge in [0.2, 0.25) is 0 Å². The molecule has 1 aromatic rings. The van der Waals surface area contributed by atoms with Gasteiger partial charge in [0.25, 0.3) is 0 Å². The first kappa shape index (κ1) is 19.7. The molecule has 1 heterocycles. The van der Waals surface area contributed by atoms with Crippen molar-refractivity contribution < 1.29 is 4.74 Å². The number of ether oxygens (including phenoxy) is 1. The molecule has 0 saturated heterocycles. The Morgan fingerprint density at radius 3 is 1.91 bits per heavy atom. The van der Waals surface area contributed by atoms with E-state index >= 15 is 0 Å².